The fourth-order valence-electron chi connectivity index (χ4n) is 1.92. The number of hydrogen-bond acceptors (Lipinski definition) is 3. The second-order valence-electron chi connectivity index (χ2n) is 4.23. The number of aromatic nitrogens is 3. The maximum atomic E-state index is 11.8. The van der Waals surface area contributed by atoms with Gasteiger partial charge in [0, 0.05) is 17.5 Å². The van der Waals surface area contributed by atoms with Crippen molar-refractivity contribution < 1.29 is 0 Å². The Hall–Kier alpha value is -1.71. The first-order valence-corrected chi connectivity index (χ1v) is 5.37. The molecule has 0 aliphatic rings. The zero-order valence-electron chi connectivity index (χ0n) is 9.98. The molecule has 0 aromatic carbocycles. The van der Waals surface area contributed by atoms with E-state index in [0.29, 0.717) is 5.82 Å². The van der Waals surface area contributed by atoms with E-state index < -0.39 is 0 Å². The molecule has 2 aromatic rings. The van der Waals surface area contributed by atoms with Gasteiger partial charge in [-0.2, -0.15) is 0 Å². The molecule has 0 saturated heterocycles. The van der Waals surface area contributed by atoms with E-state index >= 15 is 0 Å². The molecule has 0 aliphatic heterocycles. The molecule has 0 aliphatic carbocycles. The van der Waals surface area contributed by atoms with Gasteiger partial charge in [0.05, 0.1) is 5.69 Å². The van der Waals surface area contributed by atoms with Crippen molar-refractivity contribution in [2.45, 2.75) is 33.7 Å². The minimum Gasteiger partial charge on any atom is -0.290 e. The number of rotatable bonds is 1. The van der Waals surface area contributed by atoms with E-state index in [1.807, 2.05) is 27.7 Å². The van der Waals surface area contributed by atoms with Gasteiger partial charge in [-0.25, -0.2) is 9.97 Å². The summed E-state index contributed by atoms with van der Waals surface area (Å²) in [6, 6.07) is 3.48. The van der Waals surface area contributed by atoms with Gasteiger partial charge in [-0.05, 0) is 33.8 Å². The van der Waals surface area contributed by atoms with Gasteiger partial charge in [-0.1, -0.05) is 0 Å². The largest absolute Gasteiger partial charge is 0.290 e. The second-order valence-corrected chi connectivity index (χ2v) is 4.23. The minimum absolute atomic E-state index is 0.0139. The molecule has 0 saturated carbocycles. The van der Waals surface area contributed by atoms with Crippen LogP contribution in [0, 0.1) is 13.8 Å². The van der Waals surface area contributed by atoms with Crippen molar-refractivity contribution in [2.24, 2.45) is 0 Å². The maximum absolute atomic E-state index is 11.8. The van der Waals surface area contributed by atoms with Gasteiger partial charge in [0.2, 0.25) is 0 Å². The van der Waals surface area contributed by atoms with Gasteiger partial charge in [0.15, 0.2) is 0 Å². The molecular formula is C12H15N3O. The van der Waals surface area contributed by atoms with Crippen LogP contribution in [-0.4, -0.2) is 14.5 Å². The Bertz CT molecular complexity index is 599. The third-order valence-electron chi connectivity index (χ3n) is 2.60. The van der Waals surface area contributed by atoms with E-state index in [1.165, 1.54) is 0 Å². The van der Waals surface area contributed by atoms with Crippen LogP contribution in [0.3, 0.4) is 0 Å². The normalized spacial score (nSPS) is 11.3. The van der Waals surface area contributed by atoms with Crippen molar-refractivity contribution in [2.75, 3.05) is 0 Å². The topological polar surface area (TPSA) is 47.8 Å². The highest BCUT2D eigenvalue weighted by molar-refractivity contribution is 5.77. The van der Waals surface area contributed by atoms with Gasteiger partial charge in [-0.3, -0.25) is 9.36 Å². The zero-order valence-corrected chi connectivity index (χ0v) is 9.98. The quantitative estimate of drug-likeness (QED) is 0.734. The highest BCUT2D eigenvalue weighted by Crippen LogP contribution is 2.16. The summed E-state index contributed by atoms with van der Waals surface area (Å²) in [6.07, 6.45) is 0. The summed E-state index contributed by atoms with van der Waals surface area (Å²) in [5.74, 6) is 0.699. The van der Waals surface area contributed by atoms with Crippen molar-refractivity contribution in [3.05, 3.63) is 34.0 Å². The van der Waals surface area contributed by atoms with E-state index in [4.69, 9.17) is 0 Å². The van der Waals surface area contributed by atoms with E-state index in [-0.39, 0.29) is 11.6 Å². The molecule has 0 N–H and O–H groups in total. The minimum atomic E-state index is -0.0139. The molecule has 0 unspecified atom stereocenters. The van der Waals surface area contributed by atoms with Crippen LogP contribution < -0.4 is 5.56 Å². The lowest BCUT2D eigenvalue weighted by atomic mass is 10.2. The first-order valence-electron chi connectivity index (χ1n) is 5.37. The van der Waals surface area contributed by atoms with Crippen molar-refractivity contribution in [3.8, 4) is 0 Å². The third-order valence-corrected chi connectivity index (χ3v) is 2.60. The Morgan fingerprint density at radius 3 is 2.50 bits per heavy atom. The summed E-state index contributed by atoms with van der Waals surface area (Å²) in [5.41, 5.74) is 1.63. The molecule has 0 spiro atoms. The lowest BCUT2D eigenvalue weighted by Gasteiger charge is -2.13. The second kappa shape index (κ2) is 3.70. The molecule has 2 heterocycles. The standard InChI is InChI=1S/C12H15N3O/c1-7(2)15-11(16)6-5-10-8(3)13-9(4)14-12(10)15/h5-7H,1-4H3. The molecule has 0 fully saturated rings. The summed E-state index contributed by atoms with van der Waals surface area (Å²) in [7, 11) is 0. The van der Waals surface area contributed by atoms with Crippen LogP contribution in [-0.2, 0) is 0 Å². The Labute approximate surface area is 94.0 Å². The Morgan fingerprint density at radius 2 is 1.88 bits per heavy atom. The maximum Gasteiger partial charge on any atom is 0.252 e. The first kappa shape index (κ1) is 10.8. The van der Waals surface area contributed by atoms with Crippen LogP contribution in [0.2, 0.25) is 0 Å². The van der Waals surface area contributed by atoms with Crippen molar-refractivity contribution in [1.29, 1.82) is 0 Å². The molecule has 0 atom stereocenters. The highest BCUT2D eigenvalue weighted by atomic mass is 16.1. The van der Waals surface area contributed by atoms with Crippen LogP contribution in [0.1, 0.15) is 31.4 Å². The molecule has 0 bridgehead atoms. The monoisotopic (exact) mass is 217 g/mol. The SMILES string of the molecule is Cc1nc(C)c2ccc(=O)n(C(C)C)c2n1. The number of pyridine rings is 1. The van der Waals surface area contributed by atoms with Crippen LogP contribution >= 0.6 is 0 Å². The van der Waals surface area contributed by atoms with Crippen molar-refractivity contribution in [3.63, 3.8) is 0 Å². The number of fused-ring (bicyclic) bond motifs is 1. The Kier molecular flexibility index (Phi) is 2.50. The van der Waals surface area contributed by atoms with E-state index in [2.05, 4.69) is 9.97 Å². The summed E-state index contributed by atoms with van der Waals surface area (Å²) >= 11 is 0. The summed E-state index contributed by atoms with van der Waals surface area (Å²) in [6.45, 7) is 7.74. The smallest absolute Gasteiger partial charge is 0.252 e. The summed E-state index contributed by atoms with van der Waals surface area (Å²) in [4.78, 5) is 20.5. The molecule has 4 nitrogen and oxygen atoms in total. The van der Waals surface area contributed by atoms with Gasteiger partial charge in [0.1, 0.15) is 11.5 Å². The molecular weight excluding hydrogens is 202 g/mol. The summed E-state index contributed by atoms with van der Waals surface area (Å²) in [5, 5.41) is 0.943. The third kappa shape index (κ3) is 1.60. The first-order chi connectivity index (χ1) is 7.50. The molecule has 16 heavy (non-hydrogen) atoms. The van der Waals surface area contributed by atoms with E-state index in [0.717, 1.165) is 16.7 Å². The predicted molar refractivity (Wildman–Crippen MR) is 63.7 cm³/mol. The average molecular weight is 217 g/mol. The lowest BCUT2D eigenvalue weighted by molar-refractivity contribution is 0.594. The molecule has 0 radical (unpaired) electrons. The van der Waals surface area contributed by atoms with Gasteiger partial charge >= 0.3 is 0 Å². The van der Waals surface area contributed by atoms with Gasteiger partial charge in [-0.15, -0.1) is 0 Å². The van der Waals surface area contributed by atoms with E-state index in [1.54, 1.807) is 16.7 Å². The van der Waals surface area contributed by atoms with Crippen molar-refractivity contribution >= 4 is 11.0 Å². The van der Waals surface area contributed by atoms with Gasteiger partial charge < -0.3 is 0 Å². The van der Waals surface area contributed by atoms with Crippen LogP contribution in [0.5, 0.6) is 0 Å². The fourth-order valence-corrected chi connectivity index (χ4v) is 1.92. The number of hydrogen-bond donors (Lipinski definition) is 0. The lowest BCUT2D eigenvalue weighted by Crippen LogP contribution is -2.22. The molecule has 0 amide bonds. The number of aryl methyl sites for hydroxylation is 2. The van der Waals surface area contributed by atoms with Crippen LogP contribution in [0.25, 0.3) is 11.0 Å². The van der Waals surface area contributed by atoms with Crippen molar-refractivity contribution in [1.82, 2.24) is 14.5 Å². The summed E-state index contributed by atoms with van der Waals surface area (Å²) < 4.78 is 1.71. The zero-order chi connectivity index (χ0) is 11.9. The Morgan fingerprint density at radius 1 is 1.19 bits per heavy atom. The van der Waals surface area contributed by atoms with Crippen LogP contribution in [0.15, 0.2) is 16.9 Å². The highest BCUT2D eigenvalue weighted by Gasteiger charge is 2.10. The molecule has 2 aromatic heterocycles. The molecule has 2 rings (SSSR count). The Balaban J connectivity index is 2.97. The number of nitrogens with zero attached hydrogens (tertiary/aromatic N) is 3. The van der Waals surface area contributed by atoms with E-state index in [9.17, 15) is 4.79 Å². The van der Waals surface area contributed by atoms with Crippen LogP contribution in [0.4, 0.5) is 0 Å². The molecule has 4 heteroatoms. The molecule has 84 valence electrons. The average Bonchev–Trinajstić information content (AvgIpc) is 2.15. The fraction of sp³-hybridized carbons (Fsp3) is 0.417. The van der Waals surface area contributed by atoms with Gasteiger partial charge in [0.25, 0.3) is 5.56 Å². The predicted octanol–water partition coefficient (Wildman–Crippen LogP) is 1.99.